The second kappa shape index (κ2) is 8.71. The molecule has 2 fully saturated rings. The van der Waals surface area contributed by atoms with Gasteiger partial charge in [-0.3, -0.25) is 4.79 Å². The van der Waals surface area contributed by atoms with Gasteiger partial charge in [0, 0.05) is 58.3 Å². The Kier molecular flexibility index (Phi) is 6.93. The summed E-state index contributed by atoms with van der Waals surface area (Å²) >= 11 is 0. The quantitative estimate of drug-likeness (QED) is 0.747. The number of hydrogen-bond acceptors (Lipinski definition) is 4. The van der Waals surface area contributed by atoms with Crippen molar-refractivity contribution in [3.05, 3.63) is 0 Å². The van der Waals surface area contributed by atoms with E-state index < -0.39 is 0 Å². The maximum atomic E-state index is 12.5. The summed E-state index contributed by atoms with van der Waals surface area (Å²) in [6, 6.07) is 0.425. The summed E-state index contributed by atoms with van der Waals surface area (Å²) in [6.07, 6.45) is 2.85. The minimum Gasteiger partial charge on any atom is -0.338 e. The Bertz CT molecular complexity index is 309. The molecule has 0 aromatic heterocycles. The fraction of sp³-hybridized carbons (Fsp3) is 0.938. The maximum Gasteiger partial charge on any atom is 0.224 e. The smallest absolute Gasteiger partial charge is 0.224 e. The van der Waals surface area contributed by atoms with Gasteiger partial charge in [-0.15, -0.1) is 0 Å². The third kappa shape index (κ3) is 4.94. The van der Waals surface area contributed by atoms with Crippen molar-refractivity contribution in [1.29, 1.82) is 0 Å². The summed E-state index contributed by atoms with van der Waals surface area (Å²) in [4.78, 5) is 19.6. The molecule has 1 unspecified atom stereocenters. The van der Waals surface area contributed by atoms with Gasteiger partial charge in [0.25, 0.3) is 0 Å². The zero-order valence-corrected chi connectivity index (χ0v) is 13.8. The van der Waals surface area contributed by atoms with E-state index in [-0.39, 0.29) is 0 Å². The molecule has 5 heteroatoms. The van der Waals surface area contributed by atoms with Gasteiger partial charge in [0.2, 0.25) is 5.91 Å². The minimum absolute atomic E-state index is 0.350. The summed E-state index contributed by atoms with van der Waals surface area (Å²) in [5.41, 5.74) is 0. The van der Waals surface area contributed by atoms with Gasteiger partial charge in [0.15, 0.2) is 0 Å². The van der Waals surface area contributed by atoms with Crippen LogP contribution in [-0.4, -0.2) is 85.6 Å². The Morgan fingerprint density at radius 2 is 1.90 bits per heavy atom. The number of likely N-dealkylation sites (N-methyl/N-ethyl adjacent to an activating group) is 1. The van der Waals surface area contributed by atoms with Crippen molar-refractivity contribution in [1.82, 2.24) is 20.0 Å². The number of nitrogens with zero attached hydrogens (tertiary/aromatic N) is 3. The first-order valence-electron chi connectivity index (χ1n) is 8.69. The van der Waals surface area contributed by atoms with E-state index in [1.54, 1.807) is 0 Å². The Balaban J connectivity index is 1.74. The Labute approximate surface area is 129 Å². The van der Waals surface area contributed by atoms with Crippen LogP contribution in [0.5, 0.6) is 0 Å². The predicted octanol–water partition coefficient (Wildman–Crippen LogP) is 0.615. The zero-order valence-electron chi connectivity index (χ0n) is 13.8. The van der Waals surface area contributed by atoms with E-state index in [0.717, 1.165) is 71.7 Å². The monoisotopic (exact) mass is 296 g/mol. The van der Waals surface area contributed by atoms with Crippen LogP contribution >= 0.6 is 0 Å². The average Bonchev–Trinajstić information content (AvgIpc) is 3.04. The van der Waals surface area contributed by atoms with Gasteiger partial charge in [0.1, 0.15) is 0 Å². The van der Waals surface area contributed by atoms with Gasteiger partial charge in [-0.2, -0.15) is 0 Å². The van der Waals surface area contributed by atoms with E-state index in [2.05, 4.69) is 33.9 Å². The summed E-state index contributed by atoms with van der Waals surface area (Å²) in [5.74, 6) is 0.350. The topological polar surface area (TPSA) is 38.8 Å². The number of amides is 1. The molecule has 1 amide bonds. The molecule has 2 saturated heterocycles. The van der Waals surface area contributed by atoms with Gasteiger partial charge in [0.05, 0.1) is 0 Å². The molecule has 2 heterocycles. The van der Waals surface area contributed by atoms with Gasteiger partial charge >= 0.3 is 0 Å². The van der Waals surface area contributed by atoms with Crippen LogP contribution in [0.15, 0.2) is 0 Å². The van der Waals surface area contributed by atoms with Gasteiger partial charge in [-0.25, -0.2) is 0 Å². The van der Waals surface area contributed by atoms with Crippen LogP contribution in [-0.2, 0) is 4.79 Å². The molecule has 2 rings (SSSR count). The molecule has 21 heavy (non-hydrogen) atoms. The van der Waals surface area contributed by atoms with Crippen molar-refractivity contribution in [2.45, 2.75) is 39.2 Å². The fourth-order valence-corrected chi connectivity index (χ4v) is 3.38. The predicted molar refractivity (Wildman–Crippen MR) is 86.4 cm³/mol. The van der Waals surface area contributed by atoms with Crippen LogP contribution in [0.1, 0.15) is 33.1 Å². The lowest BCUT2D eigenvalue weighted by Crippen LogP contribution is -2.48. The normalized spacial score (nSPS) is 24.4. The van der Waals surface area contributed by atoms with E-state index in [4.69, 9.17) is 0 Å². The van der Waals surface area contributed by atoms with E-state index >= 15 is 0 Å². The average molecular weight is 296 g/mol. The number of carbonyl (C=O) groups excluding carboxylic acids is 1. The van der Waals surface area contributed by atoms with Crippen molar-refractivity contribution in [2.75, 3.05) is 58.9 Å². The molecule has 1 atom stereocenters. The van der Waals surface area contributed by atoms with Crippen molar-refractivity contribution in [2.24, 2.45) is 0 Å². The highest BCUT2D eigenvalue weighted by atomic mass is 16.2. The highest BCUT2D eigenvalue weighted by Crippen LogP contribution is 2.12. The van der Waals surface area contributed by atoms with Crippen molar-refractivity contribution >= 4 is 5.91 Å². The van der Waals surface area contributed by atoms with Crippen LogP contribution in [0.4, 0.5) is 0 Å². The fourth-order valence-electron chi connectivity index (χ4n) is 3.38. The molecule has 0 aromatic carbocycles. The summed E-state index contributed by atoms with van der Waals surface area (Å²) in [7, 11) is 0. The molecule has 0 bridgehead atoms. The van der Waals surface area contributed by atoms with Gasteiger partial charge in [-0.05, 0) is 25.9 Å². The van der Waals surface area contributed by atoms with Crippen LogP contribution in [0.3, 0.4) is 0 Å². The number of nitrogens with one attached hydrogen (secondary N) is 1. The molecule has 0 aliphatic carbocycles. The number of hydrogen-bond donors (Lipinski definition) is 1. The number of rotatable bonds is 7. The SMILES string of the molecule is CCCN(C(=O)CCN1CCN(CC)CC1)C1CCNC1. The lowest BCUT2D eigenvalue weighted by molar-refractivity contribution is -0.133. The molecule has 0 aromatic rings. The molecule has 122 valence electrons. The van der Waals surface area contributed by atoms with Crippen LogP contribution in [0, 0.1) is 0 Å². The highest BCUT2D eigenvalue weighted by Gasteiger charge is 2.26. The molecule has 1 N–H and O–H groups in total. The van der Waals surface area contributed by atoms with Gasteiger partial charge in [-0.1, -0.05) is 13.8 Å². The highest BCUT2D eigenvalue weighted by molar-refractivity contribution is 5.76. The zero-order chi connectivity index (χ0) is 15.1. The van der Waals surface area contributed by atoms with Crippen molar-refractivity contribution in [3.63, 3.8) is 0 Å². The Morgan fingerprint density at radius 1 is 1.19 bits per heavy atom. The molecule has 0 spiro atoms. The Hall–Kier alpha value is -0.650. The third-order valence-corrected chi connectivity index (χ3v) is 4.81. The van der Waals surface area contributed by atoms with E-state index in [1.807, 2.05) is 0 Å². The third-order valence-electron chi connectivity index (χ3n) is 4.81. The first-order chi connectivity index (χ1) is 10.2. The molecule has 2 aliphatic heterocycles. The van der Waals surface area contributed by atoms with Crippen molar-refractivity contribution < 1.29 is 4.79 Å². The lowest BCUT2D eigenvalue weighted by Gasteiger charge is -2.34. The van der Waals surface area contributed by atoms with Crippen LogP contribution in [0.2, 0.25) is 0 Å². The molecule has 5 nitrogen and oxygen atoms in total. The van der Waals surface area contributed by atoms with Crippen LogP contribution in [0.25, 0.3) is 0 Å². The first-order valence-corrected chi connectivity index (χ1v) is 8.69. The van der Waals surface area contributed by atoms with Crippen molar-refractivity contribution in [3.8, 4) is 0 Å². The second-order valence-electron chi connectivity index (χ2n) is 6.26. The first kappa shape index (κ1) is 16.7. The van der Waals surface area contributed by atoms with E-state index in [0.29, 0.717) is 18.4 Å². The maximum absolute atomic E-state index is 12.5. The molecule has 0 radical (unpaired) electrons. The van der Waals surface area contributed by atoms with E-state index in [1.165, 1.54) is 0 Å². The van der Waals surface area contributed by atoms with Crippen LogP contribution < -0.4 is 5.32 Å². The minimum atomic E-state index is 0.350. The van der Waals surface area contributed by atoms with E-state index in [9.17, 15) is 4.79 Å². The number of carbonyl (C=O) groups is 1. The second-order valence-corrected chi connectivity index (χ2v) is 6.26. The molecule has 2 aliphatic rings. The number of piperazine rings is 1. The molecule has 0 saturated carbocycles. The van der Waals surface area contributed by atoms with Gasteiger partial charge < -0.3 is 20.0 Å². The molecular formula is C16H32N4O. The summed E-state index contributed by atoms with van der Waals surface area (Å²) in [6.45, 7) is 13.9. The summed E-state index contributed by atoms with van der Waals surface area (Å²) in [5, 5.41) is 3.37. The Morgan fingerprint density at radius 3 is 2.48 bits per heavy atom. The standard InChI is InChI=1S/C16H32N4O/c1-3-8-20(15-5-7-17-14-15)16(21)6-9-19-12-10-18(4-2)11-13-19/h15,17H,3-14H2,1-2H3. The summed E-state index contributed by atoms with van der Waals surface area (Å²) < 4.78 is 0. The largest absolute Gasteiger partial charge is 0.338 e. The lowest BCUT2D eigenvalue weighted by atomic mass is 10.2. The molecular weight excluding hydrogens is 264 g/mol.